The summed E-state index contributed by atoms with van der Waals surface area (Å²) in [5.74, 6) is 0.302. The Morgan fingerprint density at radius 2 is 1.97 bits per heavy atom. The van der Waals surface area contributed by atoms with Crippen molar-refractivity contribution in [2.45, 2.75) is 32.3 Å². The van der Waals surface area contributed by atoms with Crippen molar-refractivity contribution in [3.63, 3.8) is 0 Å². The van der Waals surface area contributed by atoms with Crippen molar-refractivity contribution in [2.24, 2.45) is 5.41 Å². The first-order valence-corrected chi connectivity index (χ1v) is 10.8. The maximum absolute atomic E-state index is 13.3. The van der Waals surface area contributed by atoms with Gasteiger partial charge in [-0.05, 0) is 61.8 Å². The zero-order chi connectivity index (χ0) is 22.3. The minimum Gasteiger partial charge on any atom is -0.456 e. The molecule has 2 aromatic rings. The first kappa shape index (κ1) is 20.7. The van der Waals surface area contributed by atoms with Crippen LogP contribution in [0, 0.1) is 5.41 Å². The number of cyclic esters (lactones) is 1. The SMILES string of the molecule is CC1=C(N2CCC3(CCN(C[C@@H](O)c4cccc(-n5cnnn5)n4)CC3)C2=O)COC1=O. The molecule has 0 radical (unpaired) electrons. The Morgan fingerprint density at radius 3 is 2.66 bits per heavy atom. The number of aliphatic hydroxyl groups is 1. The molecule has 2 fully saturated rings. The Kier molecular flexibility index (Phi) is 5.22. The van der Waals surface area contributed by atoms with Crippen LogP contribution >= 0.6 is 0 Å². The highest BCUT2D eigenvalue weighted by molar-refractivity contribution is 5.94. The van der Waals surface area contributed by atoms with Gasteiger partial charge in [0.1, 0.15) is 19.0 Å². The number of piperidine rings is 1. The average Bonchev–Trinajstić information content (AvgIpc) is 3.53. The monoisotopic (exact) mass is 439 g/mol. The molecular weight excluding hydrogens is 414 g/mol. The maximum atomic E-state index is 13.3. The van der Waals surface area contributed by atoms with Crippen LogP contribution in [0.2, 0.25) is 0 Å². The van der Waals surface area contributed by atoms with Gasteiger partial charge in [0, 0.05) is 13.1 Å². The molecule has 5 heterocycles. The predicted octanol–water partition coefficient (Wildman–Crippen LogP) is 0.236. The van der Waals surface area contributed by atoms with Crippen molar-refractivity contribution in [1.82, 2.24) is 35.0 Å². The van der Waals surface area contributed by atoms with Crippen molar-refractivity contribution < 1.29 is 19.4 Å². The molecule has 0 unspecified atom stereocenters. The summed E-state index contributed by atoms with van der Waals surface area (Å²) in [6.45, 7) is 4.40. The molecule has 32 heavy (non-hydrogen) atoms. The number of aliphatic hydroxyl groups excluding tert-OH is 1. The highest BCUT2D eigenvalue weighted by atomic mass is 16.5. The number of amides is 1. The van der Waals surface area contributed by atoms with Gasteiger partial charge >= 0.3 is 5.97 Å². The van der Waals surface area contributed by atoms with E-state index in [4.69, 9.17) is 4.74 Å². The Labute approximate surface area is 184 Å². The molecular formula is C21H25N7O4. The van der Waals surface area contributed by atoms with E-state index in [2.05, 4.69) is 25.4 Å². The normalized spacial score (nSPS) is 22.1. The lowest BCUT2D eigenvalue weighted by Crippen LogP contribution is -2.45. The zero-order valence-electron chi connectivity index (χ0n) is 17.8. The second-order valence-corrected chi connectivity index (χ2v) is 8.63. The van der Waals surface area contributed by atoms with E-state index >= 15 is 0 Å². The van der Waals surface area contributed by atoms with Gasteiger partial charge in [-0.2, -0.15) is 4.68 Å². The molecule has 11 nitrogen and oxygen atoms in total. The Hall–Kier alpha value is -3.18. The van der Waals surface area contributed by atoms with Crippen LogP contribution in [0.15, 0.2) is 35.8 Å². The molecule has 3 aliphatic heterocycles. The minimum absolute atomic E-state index is 0.0983. The van der Waals surface area contributed by atoms with Gasteiger partial charge < -0.3 is 19.6 Å². The van der Waals surface area contributed by atoms with Crippen molar-refractivity contribution in [2.75, 3.05) is 32.8 Å². The van der Waals surface area contributed by atoms with Crippen LogP contribution in [0.5, 0.6) is 0 Å². The second-order valence-electron chi connectivity index (χ2n) is 8.63. The van der Waals surface area contributed by atoms with Gasteiger partial charge in [-0.15, -0.1) is 5.10 Å². The molecule has 0 bridgehead atoms. The van der Waals surface area contributed by atoms with Crippen LogP contribution < -0.4 is 0 Å². The van der Waals surface area contributed by atoms with Gasteiger partial charge in [0.05, 0.1) is 22.4 Å². The fourth-order valence-corrected chi connectivity index (χ4v) is 4.81. The third-order valence-corrected chi connectivity index (χ3v) is 6.84. The lowest BCUT2D eigenvalue weighted by molar-refractivity contribution is -0.138. The fraction of sp³-hybridized carbons (Fsp3) is 0.524. The standard InChI is InChI=1S/C21H25N7O4/c1-14-16(12-32-19(14)30)27-10-7-21(20(27)31)5-8-26(9-6-21)11-17(29)15-3-2-4-18(23-15)28-13-22-24-25-28/h2-4,13,17,29H,5-12H2,1H3/t17-/m1/s1. The van der Waals surface area contributed by atoms with E-state index in [0.717, 1.165) is 32.4 Å². The molecule has 0 aliphatic carbocycles. The fourth-order valence-electron chi connectivity index (χ4n) is 4.81. The summed E-state index contributed by atoms with van der Waals surface area (Å²) in [6.07, 6.45) is 2.94. The number of hydrogen-bond donors (Lipinski definition) is 1. The van der Waals surface area contributed by atoms with Crippen LogP contribution in [0.25, 0.3) is 5.82 Å². The number of β-amino-alcohol motifs (C(OH)–C–C–N with tert-alkyl or cyclic N) is 1. The first-order chi connectivity index (χ1) is 15.5. The quantitative estimate of drug-likeness (QED) is 0.652. The zero-order valence-corrected chi connectivity index (χ0v) is 17.8. The molecule has 1 atom stereocenters. The molecule has 168 valence electrons. The third-order valence-electron chi connectivity index (χ3n) is 6.84. The molecule has 11 heteroatoms. The highest BCUT2D eigenvalue weighted by Crippen LogP contribution is 2.43. The molecule has 1 amide bonds. The van der Waals surface area contributed by atoms with Crippen molar-refractivity contribution in [3.05, 3.63) is 41.5 Å². The number of pyridine rings is 1. The number of esters is 1. The topological polar surface area (TPSA) is 127 Å². The summed E-state index contributed by atoms with van der Waals surface area (Å²) in [7, 11) is 0. The predicted molar refractivity (Wildman–Crippen MR) is 110 cm³/mol. The van der Waals surface area contributed by atoms with E-state index in [0.29, 0.717) is 35.9 Å². The Balaban J connectivity index is 1.21. The van der Waals surface area contributed by atoms with Crippen molar-refractivity contribution in [3.8, 4) is 5.82 Å². The molecule has 1 spiro atoms. The molecule has 2 saturated heterocycles. The van der Waals surface area contributed by atoms with Crippen LogP contribution in [-0.2, 0) is 14.3 Å². The maximum Gasteiger partial charge on any atom is 0.336 e. The lowest BCUT2D eigenvalue weighted by atomic mass is 9.77. The first-order valence-electron chi connectivity index (χ1n) is 10.8. The summed E-state index contributed by atoms with van der Waals surface area (Å²) in [6, 6.07) is 5.37. The molecule has 2 aromatic heterocycles. The smallest absolute Gasteiger partial charge is 0.336 e. The summed E-state index contributed by atoms with van der Waals surface area (Å²) in [4.78, 5) is 33.3. The number of carbonyl (C=O) groups is 2. The molecule has 0 saturated carbocycles. The van der Waals surface area contributed by atoms with Crippen molar-refractivity contribution in [1.29, 1.82) is 0 Å². The summed E-state index contributed by atoms with van der Waals surface area (Å²) >= 11 is 0. The number of ether oxygens (including phenoxy) is 1. The molecule has 1 N–H and O–H groups in total. The average molecular weight is 439 g/mol. The summed E-state index contributed by atoms with van der Waals surface area (Å²) in [5, 5.41) is 21.8. The molecule has 5 rings (SSSR count). The van der Waals surface area contributed by atoms with Gasteiger partial charge in [-0.25, -0.2) is 9.78 Å². The molecule has 3 aliphatic rings. The van der Waals surface area contributed by atoms with Crippen LogP contribution in [0.1, 0.15) is 38.0 Å². The minimum atomic E-state index is -0.759. The van der Waals surface area contributed by atoms with E-state index < -0.39 is 11.5 Å². The number of nitrogens with zero attached hydrogens (tertiary/aromatic N) is 7. The van der Waals surface area contributed by atoms with E-state index in [1.165, 1.54) is 11.0 Å². The third kappa shape index (κ3) is 3.56. The van der Waals surface area contributed by atoms with Gasteiger partial charge in [0.15, 0.2) is 5.82 Å². The van der Waals surface area contributed by atoms with Crippen molar-refractivity contribution >= 4 is 11.9 Å². The van der Waals surface area contributed by atoms with E-state index in [-0.39, 0.29) is 18.5 Å². The Bertz CT molecular complexity index is 1060. The largest absolute Gasteiger partial charge is 0.456 e. The van der Waals surface area contributed by atoms with Crippen LogP contribution in [-0.4, -0.2) is 84.8 Å². The van der Waals surface area contributed by atoms with Crippen LogP contribution in [0.3, 0.4) is 0 Å². The molecule has 0 aromatic carbocycles. The van der Waals surface area contributed by atoms with Gasteiger partial charge in [0.25, 0.3) is 0 Å². The summed E-state index contributed by atoms with van der Waals surface area (Å²) in [5.41, 5.74) is 1.41. The van der Waals surface area contributed by atoms with E-state index in [1.807, 2.05) is 6.07 Å². The van der Waals surface area contributed by atoms with E-state index in [1.54, 1.807) is 24.0 Å². The van der Waals surface area contributed by atoms with E-state index in [9.17, 15) is 14.7 Å². The summed E-state index contributed by atoms with van der Waals surface area (Å²) < 4.78 is 6.53. The lowest BCUT2D eigenvalue weighted by Gasteiger charge is -2.38. The van der Waals surface area contributed by atoms with Crippen LogP contribution in [0.4, 0.5) is 0 Å². The number of rotatable bonds is 5. The number of hydrogen-bond acceptors (Lipinski definition) is 9. The number of carbonyl (C=O) groups excluding carboxylic acids is 2. The number of likely N-dealkylation sites (tertiary alicyclic amines) is 2. The Morgan fingerprint density at radius 1 is 1.19 bits per heavy atom. The number of tetrazole rings is 1. The number of aromatic nitrogens is 5. The van der Waals surface area contributed by atoms with Gasteiger partial charge in [0.2, 0.25) is 5.91 Å². The highest BCUT2D eigenvalue weighted by Gasteiger charge is 2.50. The second kappa shape index (κ2) is 8.06. The van der Waals surface area contributed by atoms with Gasteiger partial charge in [-0.3, -0.25) is 4.79 Å². The van der Waals surface area contributed by atoms with Gasteiger partial charge in [-0.1, -0.05) is 6.07 Å².